The van der Waals surface area contributed by atoms with Crippen molar-refractivity contribution in [3.8, 4) is 0 Å². The van der Waals surface area contributed by atoms with Gasteiger partial charge in [0.2, 0.25) is 0 Å². The highest BCUT2D eigenvalue weighted by molar-refractivity contribution is 9.10. The van der Waals surface area contributed by atoms with Crippen molar-refractivity contribution in [3.05, 3.63) is 57.5 Å². The van der Waals surface area contributed by atoms with Gasteiger partial charge in [0.1, 0.15) is 0 Å². The van der Waals surface area contributed by atoms with Gasteiger partial charge in [-0.1, -0.05) is 39.7 Å². The topological polar surface area (TPSA) is 82.6 Å². The molecule has 0 fully saturated rings. The summed E-state index contributed by atoms with van der Waals surface area (Å²) in [5, 5.41) is 10.0. The molecular weight excluding hydrogens is 408 g/mol. The van der Waals surface area contributed by atoms with Gasteiger partial charge in [-0.3, -0.25) is 9.59 Å². The molecule has 0 bridgehead atoms. The number of carbonyl (C=O) groups excluding carboxylic acids is 2. The lowest BCUT2D eigenvalue weighted by atomic mass is 10.2. The summed E-state index contributed by atoms with van der Waals surface area (Å²) in [4.78, 5) is 22.9. The van der Waals surface area contributed by atoms with Gasteiger partial charge in [-0.2, -0.15) is 5.10 Å². The van der Waals surface area contributed by atoms with Crippen LogP contribution in [0.15, 0.2) is 52.0 Å². The summed E-state index contributed by atoms with van der Waals surface area (Å²) in [6.07, 6.45) is 1.45. The average Bonchev–Trinajstić information content (AvgIpc) is 2.59. The fourth-order valence-electron chi connectivity index (χ4n) is 1.91. The third-order valence-electron chi connectivity index (χ3n) is 3.07. The minimum absolute atomic E-state index is 0.369. The summed E-state index contributed by atoms with van der Waals surface area (Å²) in [6, 6.07) is 12.9. The second kappa shape index (κ2) is 9.19. The van der Waals surface area contributed by atoms with Crippen LogP contribution in [0, 0.1) is 0 Å². The number of benzene rings is 2. The lowest BCUT2D eigenvalue weighted by Crippen LogP contribution is -2.37. The van der Waals surface area contributed by atoms with Gasteiger partial charge in [0.15, 0.2) is 0 Å². The maximum Gasteiger partial charge on any atom is 0.329 e. The number of hydrogen-bond donors (Lipinski definition) is 3. The molecule has 0 spiro atoms. The first-order chi connectivity index (χ1) is 12.0. The molecule has 2 rings (SSSR count). The highest BCUT2D eigenvalue weighted by Gasteiger charge is 2.10. The van der Waals surface area contributed by atoms with Crippen LogP contribution in [0.1, 0.15) is 12.5 Å². The third kappa shape index (κ3) is 5.58. The summed E-state index contributed by atoms with van der Waals surface area (Å²) >= 11 is 9.56. The molecule has 0 atom stereocenters. The molecule has 8 heteroatoms. The minimum atomic E-state index is -0.825. The monoisotopic (exact) mass is 422 g/mol. The Bertz CT molecular complexity index is 811. The van der Waals surface area contributed by atoms with Crippen molar-refractivity contribution in [3.63, 3.8) is 0 Å². The Morgan fingerprint density at radius 3 is 2.64 bits per heavy atom. The molecule has 130 valence electrons. The SMILES string of the molecule is CCNC(=O)C(=O)N/N=C/c1cc(Br)ccc1Nc1ccccc1Cl. The maximum atomic E-state index is 11.5. The standard InChI is InChI=1S/C17H16BrClN4O2/c1-2-20-16(24)17(25)23-21-10-11-9-12(18)7-8-14(11)22-15-6-4-3-5-13(15)19/h3-10,22H,2H2,1H3,(H,20,24)(H,23,25)/b21-10+. The number of amides is 2. The van der Waals surface area contributed by atoms with Crippen LogP contribution in [0.3, 0.4) is 0 Å². The van der Waals surface area contributed by atoms with Gasteiger partial charge < -0.3 is 10.6 Å². The van der Waals surface area contributed by atoms with E-state index >= 15 is 0 Å². The smallest absolute Gasteiger partial charge is 0.329 e. The molecule has 25 heavy (non-hydrogen) atoms. The lowest BCUT2D eigenvalue weighted by Gasteiger charge is -2.11. The molecule has 2 amide bonds. The number of para-hydroxylation sites is 1. The third-order valence-corrected chi connectivity index (χ3v) is 3.89. The summed E-state index contributed by atoms with van der Waals surface area (Å²) in [5.41, 5.74) is 4.37. The summed E-state index contributed by atoms with van der Waals surface area (Å²) in [5.74, 6) is -1.56. The maximum absolute atomic E-state index is 11.5. The number of hydrogen-bond acceptors (Lipinski definition) is 4. The Labute approximate surface area is 158 Å². The van der Waals surface area contributed by atoms with Gasteiger partial charge in [0, 0.05) is 22.3 Å². The first-order valence-corrected chi connectivity index (χ1v) is 8.60. The molecule has 0 aromatic heterocycles. The molecule has 0 heterocycles. The van der Waals surface area contributed by atoms with Crippen molar-refractivity contribution >= 4 is 56.9 Å². The predicted octanol–water partition coefficient (Wildman–Crippen LogP) is 3.43. The lowest BCUT2D eigenvalue weighted by molar-refractivity contribution is -0.139. The number of likely N-dealkylation sites (N-methyl/N-ethyl adjacent to an activating group) is 1. The van der Waals surface area contributed by atoms with E-state index in [4.69, 9.17) is 11.6 Å². The zero-order chi connectivity index (χ0) is 18.2. The highest BCUT2D eigenvalue weighted by atomic mass is 79.9. The molecule has 0 saturated carbocycles. The van der Waals surface area contributed by atoms with Gasteiger partial charge in [-0.05, 0) is 37.3 Å². The van der Waals surface area contributed by atoms with Crippen molar-refractivity contribution in [1.82, 2.24) is 10.7 Å². The average molecular weight is 424 g/mol. The number of rotatable bonds is 5. The molecule has 0 aliphatic heterocycles. The van der Waals surface area contributed by atoms with Crippen LogP contribution in [0.4, 0.5) is 11.4 Å². The number of anilines is 2. The fourth-order valence-corrected chi connectivity index (χ4v) is 2.48. The first-order valence-electron chi connectivity index (χ1n) is 7.43. The van der Waals surface area contributed by atoms with Crippen molar-refractivity contribution in [1.29, 1.82) is 0 Å². The Hall–Kier alpha value is -2.38. The van der Waals surface area contributed by atoms with E-state index in [1.807, 2.05) is 36.4 Å². The molecular formula is C17H16BrClN4O2. The van der Waals surface area contributed by atoms with Crippen LogP contribution >= 0.6 is 27.5 Å². The van der Waals surface area contributed by atoms with Crippen LogP contribution in [-0.4, -0.2) is 24.6 Å². The molecule has 3 N–H and O–H groups in total. The van der Waals surface area contributed by atoms with Crippen LogP contribution in [-0.2, 0) is 9.59 Å². The van der Waals surface area contributed by atoms with Gasteiger partial charge in [-0.25, -0.2) is 5.43 Å². The van der Waals surface area contributed by atoms with Crippen molar-refractivity contribution in [2.75, 3.05) is 11.9 Å². The van der Waals surface area contributed by atoms with Gasteiger partial charge in [0.05, 0.1) is 16.9 Å². The van der Waals surface area contributed by atoms with Crippen LogP contribution in [0.2, 0.25) is 5.02 Å². The normalized spacial score (nSPS) is 10.5. The van der Waals surface area contributed by atoms with Crippen molar-refractivity contribution in [2.24, 2.45) is 5.10 Å². The van der Waals surface area contributed by atoms with E-state index < -0.39 is 11.8 Å². The zero-order valence-electron chi connectivity index (χ0n) is 13.3. The van der Waals surface area contributed by atoms with E-state index in [-0.39, 0.29) is 0 Å². The fraction of sp³-hybridized carbons (Fsp3) is 0.118. The Morgan fingerprint density at radius 2 is 1.92 bits per heavy atom. The highest BCUT2D eigenvalue weighted by Crippen LogP contribution is 2.27. The molecule has 0 aliphatic carbocycles. The number of carbonyl (C=O) groups is 2. The minimum Gasteiger partial charge on any atom is -0.354 e. The van der Waals surface area contributed by atoms with Crippen molar-refractivity contribution < 1.29 is 9.59 Å². The van der Waals surface area contributed by atoms with Crippen LogP contribution in [0.5, 0.6) is 0 Å². The number of hydrazone groups is 1. The Kier molecular flexibility index (Phi) is 6.97. The van der Waals surface area contributed by atoms with E-state index in [1.54, 1.807) is 13.0 Å². The molecule has 0 unspecified atom stereocenters. The van der Waals surface area contributed by atoms with E-state index in [1.165, 1.54) is 6.21 Å². The zero-order valence-corrected chi connectivity index (χ0v) is 15.7. The molecule has 2 aromatic rings. The first kappa shape index (κ1) is 19.0. The molecule has 0 radical (unpaired) electrons. The molecule has 0 aliphatic rings. The van der Waals surface area contributed by atoms with Gasteiger partial charge >= 0.3 is 11.8 Å². The van der Waals surface area contributed by atoms with Crippen molar-refractivity contribution in [2.45, 2.75) is 6.92 Å². The van der Waals surface area contributed by atoms with E-state index in [9.17, 15) is 9.59 Å². The van der Waals surface area contributed by atoms with Crippen LogP contribution in [0.25, 0.3) is 0 Å². The number of halogens is 2. The largest absolute Gasteiger partial charge is 0.354 e. The second-order valence-corrected chi connectivity index (χ2v) is 6.22. The number of nitrogens with zero attached hydrogens (tertiary/aromatic N) is 1. The van der Waals surface area contributed by atoms with E-state index in [0.717, 1.165) is 15.8 Å². The second-order valence-electron chi connectivity index (χ2n) is 4.89. The summed E-state index contributed by atoms with van der Waals surface area (Å²) in [6.45, 7) is 2.09. The summed E-state index contributed by atoms with van der Waals surface area (Å²) < 4.78 is 0.841. The molecule has 6 nitrogen and oxygen atoms in total. The Morgan fingerprint density at radius 1 is 1.16 bits per heavy atom. The predicted molar refractivity (Wildman–Crippen MR) is 103 cm³/mol. The molecule has 0 saturated heterocycles. The van der Waals surface area contributed by atoms with E-state index in [0.29, 0.717) is 17.1 Å². The van der Waals surface area contributed by atoms with Crippen LogP contribution < -0.4 is 16.1 Å². The van der Waals surface area contributed by atoms with E-state index in [2.05, 4.69) is 37.1 Å². The number of nitrogens with one attached hydrogen (secondary N) is 3. The Balaban J connectivity index is 2.16. The molecule has 2 aromatic carbocycles. The quantitative estimate of drug-likeness (QED) is 0.391. The van der Waals surface area contributed by atoms with Gasteiger partial charge in [0.25, 0.3) is 0 Å². The van der Waals surface area contributed by atoms with Gasteiger partial charge in [-0.15, -0.1) is 0 Å². The summed E-state index contributed by atoms with van der Waals surface area (Å²) in [7, 11) is 0.